The zero-order valence-corrected chi connectivity index (χ0v) is 16.0. The van der Waals surface area contributed by atoms with Gasteiger partial charge in [-0.2, -0.15) is 0 Å². The minimum atomic E-state index is 0.0676. The number of aromatic nitrogens is 4. The molecule has 7 nitrogen and oxygen atoms in total. The van der Waals surface area contributed by atoms with E-state index in [1.807, 2.05) is 4.68 Å². The molecule has 1 saturated carbocycles. The van der Waals surface area contributed by atoms with E-state index in [1.165, 1.54) is 50.5 Å². The Morgan fingerprint density at radius 2 is 2.12 bits per heavy atom. The number of tetrazole rings is 1. The fourth-order valence-corrected chi connectivity index (χ4v) is 4.63. The van der Waals surface area contributed by atoms with Crippen molar-refractivity contribution in [2.75, 3.05) is 31.9 Å². The van der Waals surface area contributed by atoms with E-state index >= 15 is 0 Å². The Morgan fingerprint density at radius 3 is 2.92 bits per heavy atom. The number of carbonyl (C=O) groups excluding carboxylic acids is 1. The van der Waals surface area contributed by atoms with Crippen LogP contribution >= 0.6 is 11.8 Å². The van der Waals surface area contributed by atoms with Crippen LogP contribution in [0.4, 0.5) is 0 Å². The molecule has 1 aliphatic heterocycles. The molecule has 1 saturated heterocycles. The summed E-state index contributed by atoms with van der Waals surface area (Å²) >= 11 is 1.44. The molecule has 0 bridgehead atoms. The maximum atomic E-state index is 12.1. The lowest BCUT2D eigenvalue weighted by Gasteiger charge is -2.30. The van der Waals surface area contributed by atoms with Crippen LogP contribution in [0.1, 0.15) is 57.9 Å². The number of rotatable bonds is 8. The zero-order chi connectivity index (χ0) is 17.5. The van der Waals surface area contributed by atoms with Crippen LogP contribution in [0.5, 0.6) is 0 Å². The van der Waals surface area contributed by atoms with Gasteiger partial charge in [-0.25, -0.2) is 4.68 Å². The lowest BCUT2D eigenvalue weighted by atomic mass is 10.0. The van der Waals surface area contributed by atoms with Crippen LogP contribution in [0.2, 0.25) is 0 Å². The molecule has 25 heavy (non-hydrogen) atoms. The number of hydrogen-bond acceptors (Lipinski definition) is 6. The summed E-state index contributed by atoms with van der Waals surface area (Å²) in [7, 11) is 0. The standard InChI is InChI=1S/C17H30N6OS/c1-14-6-4-10-22(12-14)11-5-9-18-16(24)13-25-17-19-20-21-23(17)15-7-2-3-8-15/h14-15H,2-13H2,1H3,(H,18,24). The summed E-state index contributed by atoms with van der Waals surface area (Å²) in [4.78, 5) is 14.6. The van der Waals surface area contributed by atoms with E-state index in [9.17, 15) is 4.79 Å². The fourth-order valence-electron chi connectivity index (χ4n) is 3.86. The number of hydrogen-bond donors (Lipinski definition) is 1. The van der Waals surface area contributed by atoms with Crippen LogP contribution < -0.4 is 5.32 Å². The molecule has 1 aliphatic carbocycles. The summed E-state index contributed by atoms with van der Waals surface area (Å²) in [6.45, 7) is 6.56. The zero-order valence-electron chi connectivity index (χ0n) is 15.2. The Morgan fingerprint density at radius 1 is 1.28 bits per heavy atom. The molecule has 0 aromatic carbocycles. The molecule has 1 amide bonds. The highest BCUT2D eigenvalue weighted by molar-refractivity contribution is 7.99. The van der Waals surface area contributed by atoms with Gasteiger partial charge < -0.3 is 10.2 Å². The van der Waals surface area contributed by atoms with Gasteiger partial charge in [0.05, 0.1) is 11.8 Å². The molecule has 3 rings (SSSR count). The third kappa shape index (κ3) is 5.67. The topological polar surface area (TPSA) is 75.9 Å². The van der Waals surface area contributed by atoms with E-state index in [2.05, 4.69) is 32.7 Å². The van der Waals surface area contributed by atoms with E-state index in [0.717, 1.165) is 43.4 Å². The number of carbonyl (C=O) groups is 1. The Bertz CT molecular complexity index is 545. The molecule has 1 aromatic heterocycles. The summed E-state index contributed by atoms with van der Waals surface area (Å²) in [6.07, 6.45) is 8.43. The van der Waals surface area contributed by atoms with Crippen molar-refractivity contribution in [2.24, 2.45) is 5.92 Å². The average molecular weight is 367 g/mol. The van der Waals surface area contributed by atoms with Gasteiger partial charge in [-0.1, -0.05) is 31.5 Å². The smallest absolute Gasteiger partial charge is 0.230 e. The van der Waals surface area contributed by atoms with Crippen molar-refractivity contribution in [1.82, 2.24) is 30.4 Å². The predicted molar refractivity (Wildman–Crippen MR) is 98.5 cm³/mol. The maximum Gasteiger partial charge on any atom is 0.230 e. The molecule has 1 aromatic rings. The molecule has 2 heterocycles. The van der Waals surface area contributed by atoms with Crippen LogP contribution in [0, 0.1) is 5.92 Å². The largest absolute Gasteiger partial charge is 0.355 e. The van der Waals surface area contributed by atoms with Crippen molar-refractivity contribution in [2.45, 2.75) is 63.1 Å². The summed E-state index contributed by atoms with van der Waals surface area (Å²) in [5, 5.41) is 15.8. The number of nitrogens with zero attached hydrogens (tertiary/aromatic N) is 5. The fraction of sp³-hybridized carbons (Fsp3) is 0.882. The monoisotopic (exact) mass is 366 g/mol. The quantitative estimate of drug-likeness (QED) is 0.561. The number of likely N-dealkylation sites (tertiary alicyclic amines) is 1. The van der Waals surface area contributed by atoms with E-state index in [1.54, 1.807) is 0 Å². The highest BCUT2D eigenvalue weighted by Gasteiger charge is 2.22. The van der Waals surface area contributed by atoms with Gasteiger partial charge >= 0.3 is 0 Å². The van der Waals surface area contributed by atoms with E-state index in [4.69, 9.17) is 0 Å². The normalized spacial score (nSPS) is 22.4. The van der Waals surface area contributed by atoms with Crippen LogP contribution in [0.3, 0.4) is 0 Å². The third-order valence-corrected chi connectivity index (χ3v) is 6.11. The Kier molecular flexibility index (Phi) is 7.10. The van der Waals surface area contributed by atoms with E-state index < -0.39 is 0 Å². The van der Waals surface area contributed by atoms with Gasteiger partial charge in [-0.3, -0.25) is 4.79 Å². The first-order chi connectivity index (χ1) is 12.2. The van der Waals surface area contributed by atoms with Gasteiger partial charge in [0, 0.05) is 13.1 Å². The second-order valence-electron chi connectivity index (χ2n) is 7.38. The van der Waals surface area contributed by atoms with Crippen LogP contribution in [-0.2, 0) is 4.79 Å². The summed E-state index contributed by atoms with van der Waals surface area (Å²) in [6, 6.07) is 0.410. The van der Waals surface area contributed by atoms with Gasteiger partial charge in [0.15, 0.2) is 0 Å². The Labute approximate surface area is 154 Å². The van der Waals surface area contributed by atoms with E-state index in [-0.39, 0.29) is 5.91 Å². The molecular weight excluding hydrogens is 336 g/mol. The van der Waals surface area contributed by atoms with Gasteiger partial charge in [-0.05, 0) is 61.5 Å². The van der Waals surface area contributed by atoms with E-state index in [0.29, 0.717) is 11.8 Å². The number of nitrogens with one attached hydrogen (secondary N) is 1. The van der Waals surface area contributed by atoms with Crippen LogP contribution in [0.15, 0.2) is 5.16 Å². The van der Waals surface area contributed by atoms with Gasteiger partial charge in [0.1, 0.15) is 0 Å². The van der Waals surface area contributed by atoms with Gasteiger partial charge in [-0.15, -0.1) is 5.10 Å². The SMILES string of the molecule is CC1CCCN(CCCNC(=O)CSc2nnnn2C2CCCC2)C1. The minimum Gasteiger partial charge on any atom is -0.355 e. The molecule has 1 N–H and O–H groups in total. The molecule has 2 fully saturated rings. The van der Waals surface area contributed by atoms with Crippen molar-refractivity contribution >= 4 is 17.7 Å². The number of piperidine rings is 1. The molecule has 1 unspecified atom stereocenters. The maximum absolute atomic E-state index is 12.1. The average Bonchev–Trinajstić information content (AvgIpc) is 3.27. The van der Waals surface area contributed by atoms with Gasteiger partial charge in [0.25, 0.3) is 0 Å². The lowest BCUT2D eigenvalue weighted by molar-refractivity contribution is -0.118. The highest BCUT2D eigenvalue weighted by atomic mass is 32.2. The summed E-state index contributed by atoms with van der Waals surface area (Å²) < 4.78 is 1.91. The molecule has 0 radical (unpaired) electrons. The molecule has 140 valence electrons. The summed E-state index contributed by atoms with van der Waals surface area (Å²) in [5.74, 6) is 1.26. The van der Waals surface area contributed by atoms with Crippen molar-refractivity contribution in [3.8, 4) is 0 Å². The van der Waals surface area contributed by atoms with Crippen molar-refractivity contribution < 1.29 is 4.79 Å². The minimum absolute atomic E-state index is 0.0676. The third-order valence-electron chi connectivity index (χ3n) is 5.18. The summed E-state index contributed by atoms with van der Waals surface area (Å²) in [5.41, 5.74) is 0. The van der Waals surface area contributed by atoms with Crippen LogP contribution in [-0.4, -0.2) is 62.9 Å². The predicted octanol–water partition coefficient (Wildman–Crippen LogP) is 2.12. The number of amides is 1. The molecule has 2 aliphatic rings. The molecule has 8 heteroatoms. The van der Waals surface area contributed by atoms with Crippen molar-refractivity contribution in [1.29, 1.82) is 0 Å². The molecule has 1 atom stereocenters. The Balaban J connectivity index is 1.31. The Hall–Kier alpha value is -1.15. The lowest BCUT2D eigenvalue weighted by Crippen LogP contribution is -2.36. The first kappa shape index (κ1) is 18.6. The van der Waals surface area contributed by atoms with Crippen molar-refractivity contribution in [3.63, 3.8) is 0 Å². The first-order valence-electron chi connectivity index (χ1n) is 9.62. The van der Waals surface area contributed by atoms with Crippen LogP contribution in [0.25, 0.3) is 0 Å². The second kappa shape index (κ2) is 9.52. The van der Waals surface area contributed by atoms with Crippen molar-refractivity contribution in [3.05, 3.63) is 0 Å². The molecule has 0 spiro atoms. The second-order valence-corrected chi connectivity index (χ2v) is 8.33. The first-order valence-corrected chi connectivity index (χ1v) is 10.6. The van der Waals surface area contributed by atoms with Gasteiger partial charge in [0.2, 0.25) is 11.1 Å². The highest BCUT2D eigenvalue weighted by Crippen LogP contribution is 2.31. The number of thioether (sulfide) groups is 1. The molecular formula is C17H30N6OS.